The van der Waals surface area contributed by atoms with Crippen molar-refractivity contribution < 1.29 is 4.74 Å². The van der Waals surface area contributed by atoms with E-state index in [9.17, 15) is 0 Å². The van der Waals surface area contributed by atoms with Gasteiger partial charge in [-0.2, -0.15) is 0 Å². The van der Waals surface area contributed by atoms with Gasteiger partial charge in [-0.1, -0.05) is 237 Å². The third-order valence-electron chi connectivity index (χ3n) is 20.1. The van der Waals surface area contributed by atoms with Crippen LogP contribution in [0, 0.1) is 0 Å². The van der Waals surface area contributed by atoms with Gasteiger partial charge in [0.05, 0.1) is 27.6 Å². The smallest absolute Gasteiger partial charge is 0.256 e. The Bertz CT molecular complexity index is 5120. The maximum Gasteiger partial charge on any atom is 0.256 e. The average molecular weight is 1060 g/mol. The van der Waals surface area contributed by atoms with Crippen LogP contribution in [0.3, 0.4) is 0 Å². The Morgan fingerprint density at radius 2 is 0.786 bits per heavy atom. The van der Waals surface area contributed by atoms with Gasteiger partial charge in [0.2, 0.25) is 0 Å². The van der Waals surface area contributed by atoms with Gasteiger partial charge in [-0.25, -0.2) is 0 Å². The lowest BCUT2D eigenvalue weighted by Gasteiger charge is -2.43. The molecule has 0 N–H and O–H groups in total. The maximum atomic E-state index is 7.64. The molecule has 0 saturated heterocycles. The van der Waals surface area contributed by atoms with Crippen molar-refractivity contribution in [2.75, 3.05) is 4.90 Å². The topological polar surface area (TPSA) is 17.4 Å². The minimum atomic E-state index is -0.617. The first-order valence-corrected chi connectivity index (χ1v) is 29.4. The van der Waals surface area contributed by atoms with Gasteiger partial charge in [-0.05, 0) is 153 Å². The highest BCUT2D eigenvalue weighted by molar-refractivity contribution is 6.99. The number of fused-ring (bicyclic) bond motifs is 27. The van der Waals surface area contributed by atoms with Gasteiger partial charge in [-0.3, -0.25) is 0 Å². The molecule has 6 aliphatic rings. The molecule has 13 aromatic carbocycles. The van der Waals surface area contributed by atoms with E-state index in [-0.39, 0.29) is 6.71 Å². The molecule has 1 aromatic heterocycles. The van der Waals surface area contributed by atoms with Crippen LogP contribution in [0.5, 0.6) is 11.5 Å². The summed E-state index contributed by atoms with van der Waals surface area (Å²) in [6.07, 6.45) is 0. The van der Waals surface area contributed by atoms with Crippen molar-refractivity contribution in [2.24, 2.45) is 0 Å². The summed E-state index contributed by atoms with van der Waals surface area (Å²) in [4.78, 5) is 2.69. The Hall–Kier alpha value is -10.7. The van der Waals surface area contributed by atoms with Crippen molar-refractivity contribution in [3.63, 3.8) is 0 Å². The normalized spacial score (nSPS) is 14.7. The maximum absolute atomic E-state index is 7.64. The molecule has 4 heteroatoms. The Labute approximate surface area is 486 Å². The molecule has 386 valence electrons. The van der Waals surface area contributed by atoms with Crippen molar-refractivity contribution in [1.82, 2.24) is 4.57 Å². The van der Waals surface area contributed by atoms with Crippen molar-refractivity contribution >= 4 is 62.0 Å². The SMILES string of the molecule is c1ccc(-c2cc3c4c(c2)N(c2cccc5c2C2(c6ccccc6-c6ccccc62)c2ccccc2-5)c2cc5c(cc2B4c2ccc(-n4c6ccccc6c6ccccc64)cc2O3)-c2ccccc2C52c3ccccc3-c3ccccc32)cc1. The minimum absolute atomic E-state index is 0.185. The Kier molecular flexibility index (Phi) is 8.61. The first kappa shape index (κ1) is 45.0. The number of benzene rings is 13. The Balaban J connectivity index is 0.930. The molecule has 0 saturated carbocycles. The highest BCUT2D eigenvalue weighted by Crippen LogP contribution is 2.67. The number of rotatable bonds is 3. The Morgan fingerprint density at radius 1 is 0.298 bits per heavy atom. The van der Waals surface area contributed by atoms with Crippen LogP contribution in [0.1, 0.15) is 44.5 Å². The van der Waals surface area contributed by atoms with E-state index in [1.807, 2.05) is 0 Å². The van der Waals surface area contributed by atoms with Crippen LogP contribution in [-0.4, -0.2) is 11.3 Å². The lowest BCUT2D eigenvalue weighted by atomic mass is 9.34. The fourth-order valence-electron chi connectivity index (χ4n) is 17.0. The Morgan fingerprint density at radius 3 is 1.37 bits per heavy atom. The highest BCUT2D eigenvalue weighted by Gasteiger charge is 2.56. The quantitative estimate of drug-likeness (QED) is 0.164. The number of para-hydroxylation sites is 2. The van der Waals surface area contributed by atoms with E-state index in [0.29, 0.717) is 0 Å². The van der Waals surface area contributed by atoms with Crippen LogP contribution in [0.25, 0.3) is 83.1 Å². The zero-order valence-corrected chi connectivity index (χ0v) is 45.5. The number of aromatic nitrogens is 1. The predicted molar refractivity (Wildman–Crippen MR) is 345 cm³/mol. The fraction of sp³-hybridized carbons (Fsp3) is 0.0250. The molecule has 3 nitrogen and oxygen atoms in total. The average Bonchev–Trinajstić information content (AvgIpc) is 1.53. The zero-order chi connectivity index (χ0) is 54.6. The van der Waals surface area contributed by atoms with Gasteiger partial charge in [0, 0.05) is 39.5 Å². The molecular weight excluding hydrogens is 1020 g/mol. The summed E-state index contributed by atoms with van der Waals surface area (Å²) in [7, 11) is 0. The molecule has 3 heterocycles. The minimum Gasteiger partial charge on any atom is -0.458 e. The van der Waals surface area contributed by atoms with Gasteiger partial charge in [0.25, 0.3) is 6.71 Å². The second-order valence-electron chi connectivity index (χ2n) is 23.7. The lowest BCUT2D eigenvalue weighted by molar-refractivity contribution is 0.487. The van der Waals surface area contributed by atoms with Crippen molar-refractivity contribution in [3.05, 3.63) is 330 Å². The fourth-order valence-corrected chi connectivity index (χ4v) is 17.0. The van der Waals surface area contributed by atoms with E-state index in [0.717, 1.165) is 45.2 Å². The van der Waals surface area contributed by atoms with E-state index in [1.165, 1.54) is 127 Å². The zero-order valence-electron chi connectivity index (χ0n) is 45.5. The molecule has 14 aromatic rings. The third-order valence-corrected chi connectivity index (χ3v) is 20.1. The first-order valence-electron chi connectivity index (χ1n) is 29.4. The van der Waals surface area contributed by atoms with E-state index in [2.05, 4.69) is 295 Å². The molecule has 0 unspecified atom stereocenters. The number of anilines is 3. The third kappa shape index (κ3) is 5.37. The van der Waals surface area contributed by atoms with Gasteiger partial charge < -0.3 is 14.2 Å². The van der Waals surface area contributed by atoms with E-state index < -0.39 is 10.8 Å². The molecule has 0 bridgehead atoms. The van der Waals surface area contributed by atoms with Crippen LogP contribution in [0.15, 0.2) is 285 Å². The van der Waals surface area contributed by atoms with Crippen molar-refractivity contribution in [1.29, 1.82) is 0 Å². The molecule has 20 rings (SSSR count). The molecule has 0 radical (unpaired) electrons. The molecule has 2 spiro atoms. The second-order valence-corrected chi connectivity index (χ2v) is 23.7. The number of hydrogen-bond donors (Lipinski definition) is 0. The molecule has 2 aliphatic heterocycles. The van der Waals surface area contributed by atoms with Gasteiger partial charge >= 0.3 is 0 Å². The standard InChI is InChI=1S/C80H47BN2O/c1-2-21-48(22-3-1)49-43-74-78-76(44-49)84-75-45-50(82-70-38-18-10-29-57(70)58-30-11-19-39-71(58)82)41-42-68(75)81(78)69-46-60-56-28-9-14-34-63(56)79(61-32-12-4-23-51(61)52-24-5-13-33-62(52)79)67(60)47-73(69)83(74)72-40-20-31-59-55-27-8-17-37-66(55)80(77(59)72)64-35-15-6-25-53(64)54-26-7-16-36-65(54)80/h1-47H. The van der Waals surface area contributed by atoms with E-state index in [4.69, 9.17) is 4.74 Å². The molecular formula is C80H47BN2O. The summed E-state index contributed by atoms with van der Waals surface area (Å²) in [6.45, 7) is -0.185. The summed E-state index contributed by atoms with van der Waals surface area (Å²) in [5, 5.41) is 2.47. The number of ether oxygens (including phenoxy) is 1. The lowest BCUT2D eigenvalue weighted by Crippen LogP contribution is -2.59. The molecule has 4 aliphatic carbocycles. The van der Waals surface area contributed by atoms with Crippen molar-refractivity contribution in [2.45, 2.75) is 10.8 Å². The summed E-state index contributed by atoms with van der Waals surface area (Å²) in [5.41, 5.74) is 32.3. The van der Waals surface area contributed by atoms with Crippen LogP contribution in [-0.2, 0) is 10.8 Å². The second kappa shape index (κ2) is 16.1. The summed E-state index contributed by atoms with van der Waals surface area (Å²) in [5.74, 6) is 1.74. The molecule has 0 fully saturated rings. The monoisotopic (exact) mass is 1060 g/mol. The van der Waals surface area contributed by atoms with Crippen LogP contribution in [0.4, 0.5) is 17.1 Å². The molecule has 0 atom stereocenters. The number of nitrogens with zero attached hydrogens (tertiary/aromatic N) is 2. The summed E-state index contributed by atoms with van der Waals surface area (Å²) in [6, 6.07) is 108. The largest absolute Gasteiger partial charge is 0.458 e. The summed E-state index contributed by atoms with van der Waals surface area (Å²) >= 11 is 0. The number of hydrogen-bond acceptors (Lipinski definition) is 2. The summed E-state index contributed by atoms with van der Waals surface area (Å²) < 4.78 is 10.1. The van der Waals surface area contributed by atoms with E-state index in [1.54, 1.807) is 0 Å². The van der Waals surface area contributed by atoms with E-state index >= 15 is 0 Å². The molecule has 84 heavy (non-hydrogen) atoms. The van der Waals surface area contributed by atoms with Crippen LogP contribution in [0.2, 0.25) is 0 Å². The first-order chi connectivity index (χ1) is 41.7. The van der Waals surface area contributed by atoms with Gasteiger partial charge in [0.1, 0.15) is 11.5 Å². The highest BCUT2D eigenvalue weighted by atomic mass is 16.5. The van der Waals surface area contributed by atoms with Crippen molar-refractivity contribution in [3.8, 4) is 72.8 Å². The van der Waals surface area contributed by atoms with Crippen LogP contribution < -0.4 is 26.0 Å². The van der Waals surface area contributed by atoms with Crippen LogP contribution >= 0.6 is 0 Å². The predicted octanol–water partition coefficient (Wildman–Crippen LogP) is 17.5. The molecule has 0 amide bonds. The van der Waals surface area contributed by atoms with Gasteiger partial charge in [0.15, 0.2) is 0 Å². The van der Waals surface area contributed by atoms with Gasteiger partial charge in [-0.15, -0.1) is 0 Å².